The largest absolute Gasteiger partial charge is 0.354 e. The number of rotatable bonds is 5. The first-order chi connectivity index (χ1) is 6.46. The van der Waals surface area contributed by atoms with Gasteiger partial charge in [-0.05, 0) is 32.9 Å². The van der Waals surface area contributed by atoms with Crippen LogP contribution < -0.4 is 11.1 Å². The highest BCUT2D eigenvalue weighted by Gasteiger charge is 2.48. The smallest absolute Gasteiger partial charge is 0.227 e. The summed E-state index contributed by atoms with van der Waals surface area (Å²) in [6.07, 6.45) is 3.96. The van der Waals surface area contributed by atoms with Crippen LogP contribution >= 0.6 is 11.8 Å². The van der Waals surface area contributed by atoms with Gasteiger partial charge < -0.3 is 11.1 Å². The molecule has 0 aromatic rings. The van der Waals surface area contributed by atoms with Crippen LogP contribution in [0.4, 0.5) is 0 Å². The van der Waals surface area contributed by atoms with E-state index >= 15 is 0 Å². The molecule has 0 saturated heterocycles. The molecule has 82 valence electrons. The van der Waals surface area contributed by atoms with Crippen molar-refractivity contribution in [1.82, 2.24) is 5.32 Å². The summed E-state index contributed by atoms with van der Waals surface area (Å²) in [5.41, 5.74) is 5.36. The highest BCUT2D eigenvalue weighted by Crippen LogP contribution is 2.44. The number of hydrogen-bond acceptors (Lipinski definition) is 3. The first-order valence-corrected chi connectivity index (χ1v) is 6.22. The average Bonchev–Trinajstić information content (AvgIpc) is 2.95. The quantitative estimate of drug-likeness (QED) is 0.720. The molecule has 0 spiro atoms. The number of carbonyl (C=O) groups excluding carboxylic acids is 1. The molecule has 0 radical (unpaired) electrons. The highest BCUT2D eigenvalue weighted by atomic mass is 32.2. The van der Waals surface area contributed by atoms with Crippen LogP contribution in [0.2, 0.25) is 0 Å². The first kappa shape index (κ1) is 11.9. The van der Waals surface area contributed by atoms with Crippen LogP contribution in [0.15, 0.2) is 0 Å². The minimum atomic E-state index is -0.214. The molecule has 3 N–H and O–H groups in total. The summed E-state index contributed by atoms with van der Waals surface area (Å²) in [5, 5.41) is 2.99. The minimum Gasteiger partial charge on any atom is -0.354 e. The van der Waals surface area contributed by atoms with Gasteiger partial charge in [-0.25, -0.2) is 0 Å². The predicted molar refractivity (Wildman–Crippen MR) is 61.3 cm³/mol. The summed E-state index contributed by atoms with van der Waals surface area (Å²) in [6, 6.07) is 0. The van der Waals surface area contributed by atoms with Gasteiger partial charge in [0.05, 0.1) is 5.41 Å². The zero-order valence-corrected chi connectivity index (χ0v) is 10.0. The van der Waals surface area contributed by atoms with Crippen LogP contribution in [-0.4, -0.2) is 30.0 Å². The van der Waals surface area contributed by atoms with Crippen LogP contribution in [0.1, 0.15) is 26.7 Å². The predicted octanol–water partition coefficient (Wildman–Crippen LogP) is 0.983. The van der Waals surface area contributed by atoms with E-state index in [1.54, 1.807) is 11.8 Å². The van der Waals surface area contributed by atoms with Crippen LogP contribution in [0.3, 0.4) is 0 Å². The van der Waals surface area contributed by atoms with Crippen molar-refractivity contribution in [2.24, 2.45) is 11.1 Å². The molecule has 0 aliphatic heterocycles. The Bertz CT molecular complexity index is 224. The maximum Gasteiger partial charge on any atom is 0.227 e. The Hall–Kier alpha value is -0.220. The molecule has 1 rings (SSSR count). The fraction of sp³-hybridized carbons (Fsp3) is 0.900. The van der Waals surface area contributed by atoms with Gasteiger partial charge in [0, 0.05) is 17.8 Å². The average molecular weight is 216 g/mol. The number of carbonyl (C=O) groups is 1. The van der Waals surface area contributed by atoms with Crippen molar-refractivity contribution in [2.45, 2.75) is 31.4 Å². The molecule has 0 atom stereocenters. The van der Waals surface area contributed by atoms with Gasteiger partial charge in [-0.1, -0.05) is 0 Å². The standard InChI is InChI=1S/C10H20N2OS/c1-9(2,14-3)7-12-8(13)10(6-11)4-5-10/h4-7,11H2,1-3H3,(H,12,13). The molecule has 0 aromatic carbocycles. The maximum absolute atomic E-state index is 11.7. The van der Waals surface area contributed by atoms with Gasteiger partial charge in [-0.2, -0.15) is 11.8 Å². The SMILES string of the molecule is CSC(C)(C)CNC(=O)C1(CN)CC1. The number of thioether (sulfide) groups is 1. The second-order valence-electron chi connectivity index (χ2n) is 4.63. The van der Waals surface area contributed by atoms with Crippen molar-refractivity contribution in [3.63, 3.8) is 0 Å². The van der Waals surface area contributed by atoms with Crippen LogP contribution in [0, 0.1) is 5.41 Å². The molecule has 1 saturated carbocycles. The lowest BCUT2D eigenvalue weighted by Gasteiger charge is -2.23. The third-order valence-electron chi connectivity index (χ3n) is 2.95. The molecule has 0 unspecified atom stereocenters. The Labute approximate surface area is 90.2 Å². The van der Waals surface area contributed by atoms with Crippen molar-refractivity contribution in [1.29, 1.82) is 0 Å². The van der Waals surface area contributed by atoms with E-state index in [0.717, 1.165) is 19.4 Å². The molecule has 3 nitrogen and oxygen atoms in total. The zero-order valence-electron chi connectivity index (χ0n) is 9.22. The van der Waals surface area contributed by atoms with E-state index in [2.05, 4.69) is 25.4 Å². The summed E-state index contributed by atoms with van der Waals surface area (Å²) >= 11 is 1.76. The van der Waals surface area contributed by atoms with Gasteiger partial charge in [0.2, 0.25) is 5.91 Å². The van der Waals surface area contributed by atoms with Gasteiger partial charge in [0.25, 0.3) is 0 Å². The lowest BCUT2D eigenvalue weighted by molar-refractivity contribution is -0.126. The molecule has 4 heteroatoms. The van der Waals surface area contributed by atoms with E-state index in [-0.39, 0.29) is 16.1 Å². The Morgan fingerprint density at radius 2 is 2.14 bits per heavy atom. The molecule has 1 aliphatic rings. The zero-order chi connectivity index (χ0) is 10.8. The fourth-order valence-corrected chi connectivity index (χ4v) is 1.44. The Morgan fingerprint density at radius 1 is 1.57 bits per heavy atom. The van der Waals surface area contributed by atoms with E-state index < -0.39 is 0 Å². The molecular weight excluding hydrogens is 196 g/mol. The fourth-order valence-electron chi connectivity index (χ4n) is 1.23. The second-order valence-corrected chi connectivity index (χ2v) is 6.14. The molecule has 0 bridgehead atoms. The summed E-state index contributed by atoms with van der Waals surface area (Å²) in [7, 11) is 0. The molecule has 1 fully saturated rings. The number of hydrogen-bond donors (Lipinski definition) is 2. The number of amides is 1. The number of nitrogens with two attached hydrogens (primary N) is 1. The van der Waals surface area contributed by atoms with E-state index in [1.807, 2.05) is 0 Å². The third-order valence-corrected chi connectivity index (χ3v) is 4.20. The maximum atomic E-state index is 11.7. The van der Waals surface area contributed by atoms with Crippen LogP contribution in [-0.2, 0) is 4.79 Å². The molecule has 0 heterocycles. The van der Waals surface area contributed by atoms with Gasteiger partial charge >= 0.3 is 0 Å². The van der Waals surface area contributed by atoms with E-state index in [1.165, 1.54) is 0 Å². The van der Waals surface area contributed by atoms with Gasteiger partial charge in [0.1, 0.15) is 0 Å². The molecule has 0 aromatic heterocycles. The first-order valence-electron chi connectivity index (χ1n) is 4.99. The van der Waals surface area contributed by atoms with Crippen molar-refractivity contribution >= 4 is 17.7 Å². The van der Waals surface area contributed by atoms with Gasteiger partial charge in [0.15, 0.2) is 0 Å². The molecular formula is C10H20N2OS. The molecule has 1 amide bonds. The monoisotopic (exact) mass is 216 g/mol. The van der Waals surface area contributed by atoms with Crippen LogP contribution in [0.5, 0.6) is 0 Å². The summed E-state index contributed by atoms with van der Waals surface area (Å²) < 4.78 is 0.111. The topological polar surface area (TPSA) is 55.1 Å². The van der Waals surface area contributed by atoms with E-state index in [4.69, 9.17) is 5.73 Å². The normalized spacial score (nSPS) is 19.1. The third kappa shape index (κ3) is 2.64. The summed E-state index contributed by atoms with van der Waals surface area (Å²) in [5.74, 6) is 0.141. The van der Waals surface area contributed by atoms with E-state index in [0.29, 0.717) is 6.54 Å². The molecule has 1 aliphatic carbocycles. The lowest BCUT2D eigenvalue weighted by atomic mass is 10.1. The molecule has 14 heavy (non-hydrogen) atoms. The summed E-state index contributed by atoms with van der Waals surface area (Å²) in [6.45, 7) is 5.45. The van der Waals surface area contributed by atoms with Crippen LogP contribution in [0.25, 0.3) is 0 Å². The van der Waals surface area contributed by atoms with Crippen molar-refractivity contribution in [3.05, 3.63) is 0 Å². The number of nitrogens with one attached hydrogen (secondary N) is 1. The summed E-state index contributed by atoms with van der Waals surface area (Å²) in [4.78, 5) is 11.7. The van der Waals surface area contributed by atoms with Crippen molar-refractivity contribution in [2.75, 3.05) is 19.3 Å². The second kappa shape index (κ2) is 4.11. The Morgan fingerprint density at radius 3 is 2.50 bits per heavy atom. The van der Waals surface area contributed by atoms with Gasteiger partial charge in [-0.15, -0.1) is 0 Å². The van der Waals surface area contributed by atoms with Gasteiger partial charge in [-0.3, -0.25) is 4.79 Å². The Balaban J connectivity index is 2.35. The highest BCUT2D eigenvalue weighted by molar-refractivity contribution is 7.99. The van der Waals surface area contributed by atoms with Crippen molar-refractivity contribution < 1.29 is 4.79 Å². The Kier molecular flexibility index (Phi) is 3.48. The van der Waals surface area contributed by atoms with Crippen molar-refractivity contribution in [3.8, 4) is 0 Å². The van der Waals surface area contributed by atoms with E-state index in [9.17, 15) is 4.79 Å². The lowest BCUT2D eigenvalue weighted by Crippen LogP contribution is -2.42. The minimum absolute atomic E-state index is 0.111.